The van der Waals surface area contributed by atoms with Crippen LogP contribution in [-0.2, 0) is 12.8 Å². The summed E-state index contributed by atoms with van der Waals surface area (Å²) in [7, 11) is 0. The molecule has 4 heteroatoms. The van der Waals surface area contributed by atoms with E-state index in [4.69, 9.17) is 10.3 Å². The zero-order valence-electron chi connectivity index (χ0n) is 32.0. The van der Waals surface area contributed by atoms with E-state index in [1.165, 1.54) is 22.3 Å². The van der Waals surface area contributed by atoms with Crippen molar-refractivity contribution in [1.29, 1.82) is 0 Å². The Kier molecular flexibility index (Phi) is 11.0. The largest absolute Gasteiger partial charge is 0.679 e. The monoisotopic (exact) mass is 725 g/mol. The van der Waals surface area contributed by atoms with Crippen molar-refractivity contribution in [2.45, 2.75) is 26.7 Å². The molecule has 0 saturated heterocycles. The Bertz CT molecular complexity index is 2480. The molecule has 6 aromatic carbocycles. The molecule has 0 amide bonds. The minimum absolute atomic E-state index is 0.633. The summed E-state index contributed by atoms with van der Waals surface area (Å²) in [4.78, 5) is 9.33. The van der Waals surface area contributed by atoms with E-state index in [-0.39, 0.29) is 0 Å². The summed E-state index contributed by atoms with van der Waals surface area (Å²) in [5.74, 6) is 0. The quantitative estimate of drug-likeness (QED) is 0.126. The molecule has 274 valence electrons. The molecule has 1 aromatic heterocycles. The summed E-state index contributed by atoms with van der Waals surface area (Å²) in [5.41, 5.74) is 16.0. The molecule has 0 spiro atoms. The van der Waals surface area contributed by atoms with Crippen LogP contribution in [0, 0.1) is 13.8 Å². The number of aromatic nitrogens is 1. The standard InChI is InChI=1S/C52H45N4/c1-39-11-9-17-49(35-39)55(45-13-5-3-6-14-45)47-27-23-41(24-28-47)19-21-43-31-33-53-51(37-43)52-38-44(32-34-54-52)22-20-42-25-29-48(30-26-42)56(46-15-7-4-8-16-46)50-18-10-12-40(2)36-50/h3-19,21,23-32,34-38H,20,22,33H2,1-2H3/q-1/b21-19+. The number of allylic oxidation sites excluding steroid dienone is 3. The molecule has 0 radical (unpaired) electrons. The summed E-state index contributed by atoms with van der Waals surface area (Å²) in [6.45, 7) is 4.91. The summed E-state index contributed by atoms with van der Waals surface area (Å²) in [5, 5.41) is 4.82. The van der Waals surface area contributed by atoms with Crippen LogP contribution >= 0.6 is 0 Å². The van der Waals surface area contributed by atoms with Crippen molar-refractivity contribution in [3.05, 3.63) is 239 Å². The van der Waals surface area contributed by atoms with Gasteiger partial charge in [-0.1, -0.05) is 109 Å². The van der Waals surface area contributed by atoms with Crippen LogP contribution in [0.4, 0.5) is 34.1 Å². The van der Waals surface area contributed by atoms with Gasteiger partial charge in [0.05, 0.1) is 0 Å². The van der Waals surface area contributed by atoms with Gasteiger partial charge in [-0.2, -0.15) is 0 Å². The highest BCUT2D eigenvalue weighted by Crippen LogP contribution is 2.36. The first-order valence-electron chi connectivity index (χ1n) is 19.3. The van der Waals surface area contributed by atoms with Gasteiger partial charge in [-0.05, 0) is 145 Å². The average Bonchev–Trinajstić information content (AvgIpc) is 3.24. The van der Waals surface area contributed by atoms with Crippen molar-refractivity contribution in [3.63, 3.8) is 0 Å². The molecule has 7 aromatic rings. The minimum Gasteiger partial charge on any atom is -0.679 e. The van der Waals surface area contributed by atoms with Crippen LogP contribution in [-0.4, -0.2) is 11.5 Å². The Hall–Kier alpha value is -6.91. The molecule has 0 saturated carbocycles. The Morgan fingerprint density at radius 3 is 1.64 bits per heavy atom. The molecule has 0 unspecified atom stereocenters. The molecule has 56 heavy (non-hydrogen) atoms. The van der Waals surface area contributed by atoms with Gasteiger partial charge in [0.25, 0.3) is 0 Å². The fourth-order valence-electron chi connectivity index (χ4n) is 7.16. The Morgan fingerprint density at radius 1 is 0.518 bits per heavy atom. The van der Waals surface area contributed by atoms with Crippen LogP contribution in [0.5, 0.6) is 0 Å². The van der Waals surface area contributed by atoms with Gasteiger partial charge < -0.3 is 15.1 Å². The first-order chi connectivity index (χ1) is 27.6. The van der Waals surface area contributed by atoms with Crippen LogP contribution in [0.3, 0.4) is 0 Å². The maximum Gasteiger partial charge on any atom is 0.0483 e. The fourth-order valence-corrected chi connectivity index (χ4v) is 7.16. The maximum atomic E-state index is 4.82. The van der Waals surface area contributed by atoms with Gasteiger partial charge in [0.2, 0.25) is 0 Å². The predicted octanol–water partition coefficient (Wildman–Crippen LogP) is 13.8. The second-order valence-corrected chi connectivity index (χ2v) is 14.2. The topological polar surface area (TPSA) is 33.5 Å². The van der Waals surface area contributed by atoms with Crippen molar-refractivity contribution in [2.24, 2.45) is 0 Å². The maximum absolute atomic E-state index is 4.82. The fraction of sp³-hybridized carbons (Fsp3) is 0.0962. The van der Waals surface area contributed by atoms with Crippen LogP contribution in [0.2, 0.25) is 0 Å². The number of pyridine rings is 1. The van der Waals surface area contributed by atoms with Crippen LogP contribution in [0.1, 0.15) is 33.5 Å². The molecule has 0 atom stereocenters. The van der Waals surface area contributed by atoms with E-state index in [0.29, 0.717) is 6.54 Å². The van der Waals surface area contributed by atoms with E-state index in [0.717, 1.165) is 69.5 Å². The summed E-state index contributed by atoms with van der Waals surface area (Å²) < 4.78 is 0. The van der Waals surface area contributed by atoms with Gasteiger partial charge in [-0.15, -0.1) is 12.2 Å². The predicted molar refractivity (Wildman–Crippen MR) is 237 cm³/mol. The lowest BCUT2D eigenvalue weighted by atomic mass is 10.0. The lowest BCUT2D eigenvalue weighted by Crippen LogP contribution is -2.10. The van der Waals surface area contributed by atoms with Crippen LogP contribution in [0.25, 0.3) is 17.1 Å². The number of nitrogens with zero attached hydrogens (tertiary/aromatic N) is 4. The van der Waals surface area contributed by atoms with E-state index in [1.807, 2.05) is 6.20 Å². The van der Waals surface area contributed by atoms with Crippen LogP contribution < -0.4 is 9.80 Å². The van der Waals surface area contributed by atoms with Gasteiger partial charge >= 0.3 is 0 Å². The lowest BCUT2D eigenvalue weighted by Gasteiger charge is -2.27. The molecule has 4 nitrogen and oxygen atoms in total. The van der Waals surface area contributed by atoms with Crippen molar-refractivity contribution in [2.75, 3.05) is 16.3 Å². The average molecular weight is 726 g/mol. The third-order valence-corrected chi connectivity index (χ3v) is 10.0. The first-order valence-corrected chi connectivity index (χ1v) is 19.3. The van der Waals surface area contributed by atoms with Gasteiger partial charge in [0.1, 0.15) is 0 Å². The van der Waals surface area contributed by atoms with E-state index >= 15 is 0 Å². The number of anilines is 6. The number of hydrogen-bond acceptors (Lipinski definition) is 3. The zero-order chi connectivity index (χ0) is 38.1. The minimum atomic E-state index is 0.633. The molecule has 1 aliphatic rings. The second kappa shape index (κ2) is 17.0. The van der Waals surface area contributed by atoms with Gasteiger partial charge in [0, 0.05) is 46.0 Å². The Morgan fingerprint density at radius 2 is 1.05 bits per heavy atom. The molecule has 0 fully saturated rings. The molecule has 2 heterocycles. The molecule has 1 aliphatic heterocycles. The van der Waals surface area contributed by atoms with Gasteiger partial charge in [0.15, 0.2) is 0 Å². The van der Waals surface area contributed by atoms with Crippen molar-refractivity contribution in [1.82, 2.24) is 4.98 Å². The van der Waals surface area contributed by atoms with Gasteiger partial charge in [-0.3, -0.25) is 4.98 Å². The summed E-state index contributed by atoms with van der Waals surface area (Å²) in [6.07, 6.45) is 12.4. The lowest BCUT2D eigenvalue weighted by molar-refractivity contribution is 0.953. The molecular formula is C52H45N4-. The molecular weight excluding hydrogens is 681 g/mol. The van der Waals surface area contributed by atoms with Crippen molar-refractivity contribution in [3.8, 4) is 0 Å². The number of rotatable bonds is 12. The molecule has 0 N–H and O–H groups in total. The van der Waals surface area contributed by atoms with Crippen LogP contribution in [0.15, 0.2) is 200 Å². The van der Waals surface area contributed by atoms with E-state index in [1.54, 1.807) is 0 Å². The van der Waals surface area contributed by atoms with Gasteiger partial charge in [-0.25, -0.2) is 0 Å². The smallest absolute Gasteiger partial charge is 0.0483 e. The summed E-state index contributed by atoms with van der Waals surface area (Å²) >= 11 is 0. The first kappa shape index (κ1) is 36.1. The zero-order valence-corrected chi connectivity index (χ0v) is 32.0. The highest BCUT2D eigenvalue weighted by Gasteiger charge is 2.14. The Balaban J connectivity index is 0.928. The second-order valence-electron chi connectivity index (χ2n) is 14.2. The third-order valence-electron chi connectivity index (χ3n) is 10.0. The molecule has 8 rings (SSSR count). The highest BCUT2D eigenvalue weighted by atomic mass is 15.1. The van der Waals surface area contributed by atoms with Crippen molar-refractivity contribution >= 4 is 45.9 Å². The number of hydrogen-bond donors (Lipinski definition) is 0. The molecule has 0 bridgehead atoms. The summed E-state index contributed by atoms with van der Waals surface area (Å²) in [6, 6.07) is 60.4. The van der Waals surface area contributed by atoms with E-state index in [2.05, 4.69) is 218 Å². The number of para-hydroxylation sites is 2. The normalized spacial score (nSPS) is 12.5. The number of benzene rings is 6. The van der Waals surface area contributed by atoms with E-state index < -0.39 is 0 Å². The van der Waals surface area contributed by atoms with Crippen molar-refractivity contribution < 1.29 is 0 Å². The van der Waals surface area contributed by atoms with E-state index in [9.17, 15) is 0 Å². The third kappa shape index (κ3) is 8.72. The highest BCUT2D eigenvalue weighted by molar-refractivity contribution is 5.80. The molecule has 0 aliphatic carbocycles. The SMILES string of the molecule is Cc1cccc(N(c2ccccc2)c2ccc(/C=C/C3=CC[N-]C(c4cc(CCc5ccc(N(c6ccccc6)c6cccc(C)c6)cc5)ccn4)=C3)cc2)c1. The Labute approximate surface area is 331 Å². The number of aryl methyl sites for hydroxylation is 4.